The number of carbonyl (C=O) groups excluding carboxylic acids is 4. The number of nitrogens with one attached hydrogen (secondary N) is 1. The summed E-state index contributed by atoms with van der Waals surface area (Å²) in [4.78, 5) is 58.7. The van der Waals surface area contributed by atoms with Gasteiger partial charge in [0, 0.05) is 21.2 Å². The predicted molar refractivity (Wildman–Crippen MR) is 179 cm³/mol. The number of likely N-dealkylation sites (N-methyl/N-ethyl adjacent to an activating group) is 1. The Kier molecular flexibility index (Phi) is 9.36. The maximum absolute atomic E-state index is 14.5. The number of hydrogen-bond acceptors (Lipinski definition) is 6. The van der Waals surface area contributed by atoms with Gasteiger partial charge in [-0.25, -0.2) is 0 Å². The second-order valence-electron chi connectivity index (χ2n) is 11.3. The number of nitrogens with zero attached hydrogens (tertiary/aromatic N) is 3. The molecule has 2 atom stereocenters. The van der Waals surface area contributed by atoms with Gasteiger partial charge in [0.15, 0.2) is 5.78 Å². The predicted octanol–water partition coefficient (Wildman–Crippen LogP) is 5.44. The molecule has 0 spiro atoms. The van der Waals surface area contributed by atoms with E-state index in [4.69, 9.17) is 4.74 Å². The first-order valence-corrected chi connectivity index (χ1v) is 15.3. The zero-order valence-corrected chi connectivity index (χ0v) is 27.4. The molecule has 0 radical (unpaired) electrons. The third kappa shape index (κ3) is 6.48. The molecule has 1 heterocycles. The van der Waals surface area contributed by atoms with Crippen molar-refractivity contribution in [2.45, 2.75) is 32.5 Å². The van der Waals surface area contributed by atoms with Crippen LogP contribution in [0, 0.1) is 0 Å². The number of ketones is 1. The van der Waals surface area contributed by atoms with E-state index in [0.717, 1.165) is 20.8 Å². The van der Waals surface area contributed by atoms with Gasteiger partial charge in [0.1, 0.15) is 11.8 Å². The molecule has 1 N–H and O–H groups in total. The van der Waals surface area contributed by atoms with Gasteiger partial charge in [-0.1, -0.05) is 52.3 Å². The average molecular weight is 672 g/mol. The zero-order chi connectivity index (χ0) is 32.4. The molecule has 0 aromatic heterocycles. The summed E-state index contributed by atoms with van der Waals surface area (Å²) < 4.78 is 6.68. The highest BCUT2D eigenvalue weighted by molar-refractivity contribution is 9.10. The normalized spacial score (nSPS) is 15.4. The molecule has 4 aromatic rings. The molecule has 0 saturated carbocycles. The Balaban J connectivity index is 1.64. The number of carbonyl (C=O) groups is 4. The number of anilines is 2. The Morgan fingerprint density at radius 1 is 0.978 bits per heavy atom. The summed E-state index contributed by atoms with van der Waals surface area (Å²) in [5.74, 6) is -0.557. The van der Waals surface area contributed by atoms with E-state index in [1.807, 2.05) is 42.5 Å². The van der Waals surface area contributed by atoms with E-state index < -0.39 is 12.1 Å². The maximum Gasteiger partial charge on any atom is 0.258 e. The van der Waals surface area contributed by atoms with Crippen molar-refractivity contribution in [2.24, 2.45) is 0 Å². The van der Waals surface area contributed by atoms with Gasteiger partial charge in [0.05, 0.1) is 37.6 Å². The Labute approximate surface area is 270 Å². The van der Waals surface area contributed by atoms with Crippen LogP contribution < -0.4 is 19.9 Å². The third-order valence-electron chi connectivity index (χ3n) is 8.23. The standard InChI is InChI=1S/C35H35BrN4O5/c1-21(38(3)4)33(42)37-29-20-40(34(43)24-12-10-23(11-13-24)22(2)41)31-9-7-6-8-30(31)39(35(29)44)19-28-27-16-15-26(36)18-25(27)14-17-32(28)45-5/h6-18,21,29H,19-20H2,1-5H3,(H,37,42)/t21-,29?/m0/s1. The first-order chi connectivity index (χ1) is 21.5. The molecule has 0 bridgehead atoms. The Bertz CT molecular complexity index is 1790. The van der Waals surface area contributed by atoms with Crippen LogP contribution in [-0.2, 0) is 16.1 Å². The molecule has 0 aliphatic carbocycles. The first-order valence-electron chi connectivity index (χ1n) is 14.5. The molecule has 232 valence electrons. The van der Waals surface area contributed by atoms with Crippen molar-refractivity contribution in [2.75, 3.05) is 37.5 Å². The molecule has 1 unspecified atom stereocenters. The fraction of sp³-hybridized carbons (Fsp3) is 0.257. The number of Topliss-reactive ketones (excluding diaryl/α,β-unsaturated/α-hetero) is 1. The van der Waals surface area contributed by atoms with E-state index in [2.05, 4.69) is 21.2 Å². The van der Waals surface area contributed by atoms with Gasteiger partial charge >= 0.3 is 0 Å². The van der Waals surface area contributed by atoms with Crippen LogP contribution in [0.5, 0.6) is 5.75 Å². The minimum Gasteiger partial charge on any atom is -0.496 e. The van der Waals surface area contributed by atoms with E-state index in [9.17, 15) is 19.2 Å². The fourth-order valence-corrected chi connectivity index (χ4v) is 5.82. The van der Waals surface area contributed by atoms with Crippen LogP contribution in [0.25, 0.3) is 10.8 Å². The Morgan fingerprint density at radius 3 is 2.29 bits per heavy atom. The highest BCUT2D eigenvalue weighted by Gasteiger charge is 2.38. The molecule has 3 amide bonds. The number of amides is 3. The molecule has 45 heavy (non-hydrogen) atoms. The highest BCUT2D eigenvalue weighted by atomic mass is 79.9. The monoisotopic (exact) mass is 670 g/mol. The minimum atomic E-state index is -1.05. The molecular formula is C35H35BrN4O5. The average Bonchev–Trinajstić information content (AvgIpc) is 3.14. The zero-order valence-electron chi connectivity index (χ0n) is 25.8. The van der Waals surface area contributed by atoms with Crippen LogP contribution in [0.4, 0.5) is 11.4 Å². The number of ether oxygens (including phenoxy) is 1. The summed E-state index contributed by atoms with van der Waals surface area (Å²) in [7, 11) is 5.16. The second kappa shape index (κ2) is 13.2. The lowest BCUT2D eigenvalue weighted by Crippen LogP contribution is -2.55. The summed E-state index contributed by atoms with van der Waals surface area (Å²) >= 11 is 3.54. The number of rotatable bonds is 8. The second-order valence-corrected chi connectivity index (χ2v) is 12.2. The quantitative estimate of drug-likeness (QED) is 0.251. The van der Waals surface area contributed by atoms with Crippen molar-refractivity contribution in [3.8, 4) is 5.75 Å². The van der Waals surface area contributed by atoms with Crippen molar-refractivity contribution >= 4 is 61.6 Å². The summed E-state index contributed by atoms with van der Waals surface area (Å²) in [6.45, 7) is 3.25. The van der Waals surface area contributed by atoms with Crippen molar-refractivity contribution in [1.82, 2.24) is 10.2 Å². The lowest BCUT2D eigenvalue weighted by Gasteiger charge is -2.28. The van der Waals surface area contributed by atoms with Crippen molar-refractivity contribution in [3.63, 3.8) is 0 Å². The number of fused-ring (bicyclic) bond motifs is 2. The van der Waals surface area contributed by atoms with Crippen LogP contribution in [-0.4, -0.2) is 68.2 Å². The van der Waals surface area contributed by atoms with E-state index in [-0.39, 0.29) is 36.6 Å². The molecule has 1 aliphatic heterocycles. The molecule has 5 rings (SSSR count). The van der Waals surface area contributed by atoms with Crippen LogP contribution in [0.1, 0.15) is 40.1 Å². The van der Waals surface area contributed by atoms with Crippen molar-refractivity contribution < 1.29 is 23.9 Å². The molecule has 1 aliphatic rings. The van der Waals surface area contributed by atoms with Crippen molar-refractivity contribution in [3.05, 3.63) is 100 Å². The van der Waals surface area contributed by atoms with Crippen molar-refractivity contribution in [1.29, 1.82) is 0 Å². The smallest absolute Gasteiger partial charge is 0.258 e. The molecule has 9 nitrogen and oxygen atoms in total. The van der Waals surface area contributed by atoms with Gasteiger partial charge in [-0.2, -0.15) is 0 Å². The summed E-state index contributed by atoms with van der Waals surface area (Å²) in [5, 5.41) is 4.80. The maximum atomic E-state index is 14.5. The highest BCUT2D eigenvalue weighted by Crippen LogP contribution is 2.38. The van der Waals surface area contributed by atoms with Gasteiger partial charge in [-0.15, -0.1) is 0 Å². The third-order valence-corrected chi connectivity index (χ3v) is 8.73. The van der Waals surface area contributed by atoms with E-state index in [1.165, 1.54) is 11.8 Å². The van der Waals surface area contributed by atoms with E-state index >= 15 is 0 Å². The summed E-state index contributed by atoms with van der Waals surface area (Å²) in [5.41, 5.74) is 2.67. The van der Waals surface area contributed by atoms with Crippen LogP contribution in [0.15, 0.2) is 83.3 Å². The summed E-state index contributed by atoms with van der Waals surface area (Å²) in [6, 6.07) is 21.8. The number of para-hydroxylation sites is 2. The minimum absolute atomic E-state index is 0.0921. The lowest BCUT2D eigenvalue weighted by atomic mass is 10.0. The van der Waals surface area contributed by atoms with Gasteiger partial charge in [0.25, 0.3) is 11.8 Å². The number of halogens is 1. The molecule has 0 saturated heterocycles. The summed E-state index contributed by atoms with van der Waals surface area (Å²) in [6.07, 6.45) is 0. The Hall–Kier alpha value is -4.54. The van der Waals surface area contributed by atoms with Gasteiger partial charge in [0.2, 0.25) is 5.91 Å². The molecular weight excluding hydrogens is 636 g/mol. The molecule has 10 heteroatoms. The first kappa shape index (κ1) is 31.9. The van der Waals surface area contributed by atoms with Gasteiger partial charge in [-0.3, -0.25) is 24.1 Å². The number of methoxy groups -OCH3 is 1. The van der Waals surface area contributed by atoms with Gasteiger partial charge in [-0.05, 0) is 81.2 Å². The SMILES string of the molecule is COc1ccc2cc(Br)ccc2c1CN1C(=O)C(NC(=O)[C@H](C)N(C)C)CN(C(=O)c2ccc(C(C)=O)cc2)c2ccccc21. The van der Waals surface area contributed by atoms with Crippen LogP contribution >= 0.6 is 15.9 Å². The molecule has 0 fully saturated rings. The topological polar surface area (TPSA) is 99.3 Å². The number of hydrogen-bond donors (Lipinski definition) is 1. The van der Waals surface area contributed by atoms with Crippen LogP contribution in [0.2, 0.25) is 0 Å². The largest absolute Gasteiger partial charge is 0.496 e. The number of benzene rings is 4. The van der Waals surface area contributed by atoms with E-state index in [1.54, 1.807) is 74.3 Å². The Morgan fingerprint density at radius 2 is 1.64 bits per heavy atom. The fourth-order valence-electron chi connectivity index (χ4n) is 5.44. The molecule has 4 aromatic carbocycles. The van der Waals surface area contributed by atoms with E-state index in [0.29, 0.717) is 28.3 Å². The van der Waals surface area contributed by atoms with Crippen LogP contribution in [0.3, 0.4) is 0 Å². The lowest BCUT2D eigenvalue weighted by molar-refractivity contribution is -0.129. The van der Waals surface area contributed by atoms with Gasteiger partial charge < -0.3 is 19.9 Å².